The molecule has 1 fully saturated rings. The Balaban J connectivity index is 1.45. The van der Waals surface area contributed by atoms with E-state index in [0.29, 0.717) is 6.54 Å². The number of likely N-dealkylation sites (tertiary alicyclic amines) is 1. The first kappa shape index (κ1) is 22.8. The third-order valence-electron chi connectivity index (χ3n) is 5.92. The average molecular weight is 448 g/mol. The van der Waals surface area contributed by atoms with Gasteiger partial charge in [0.15, 0.2) is 11.8 Å². The highest BCUT2D eigenvalue weighted by atomic mass is 16.5. The minimum Gasteiger partial charge on any atom is -0.497 e. The van der Waals surface area contributed by atoms with Crippen LogP contribution < -0.4 is 15.4 Å². The molecule has 174 valence electrons. The Morgan fingerprint density at radius 3 is 2.67 bits per heavy atom. The van der Waals surface area contributed by atoms with E-state index >= 15 is 0 Å². The quantitative estimate of drug-likeness (QED) is 0.344. The molecule has 1 saturated heterocycles. The lowest BCUT2D eigenvalue weighted by atomic mass is 10.1. The van der Waals surface area contributed by atoms with Crippen LogP contribution >= 0.6 is 0 Å². The number of ether oxygens (including phenoxy) is 1. The maximum absolute atomic E-state index is 5.34. The number of hydrogen-bond acceptors (Lipinski definition) is 5. The monoisotopic (exact) mass is 447 g/mol. The topological polar surface area (TPSA) is 90.5 Å². The second-order valence-electron chi connectivity index (χ2n) is 8.14. The molecule has 1 aromatic heterocycles. The predicted octanol–water partition coefficient (Wildman–Crippen LogP) is 3.37. The molecule has 0 saturated carbocycles. The van der Waals surface area contributed by atoms with Gasteiger partial charge in [0.25, 0.3) is 0 Å². The molecule has 0 bridgehead atoms. The Hall–Kier alpha value is -3.39. The zero-order valence-corrected chi connectivity index (χ0v) is 19.4. The van der Waals surface area contributed by atoms with E-state index in [0.717, 1.165) is 54.8 Å². The molecule has 1 aliphatic heterocycles. The highest BCUT2D eigenvalue weighted by Crippen LogP contribution is 2.26. The number of guanidine groups is 1. The van der Waals surface area contributed by atoms with Gasteiger partial charge in [-0.25, -0.2) is 9.98 Å². The van der Waals surface area contributed by atoms with Crippen LogP contribution in [0.15, 0.2) is 59.9 Å². The van der Waals surface area contributed by atoms with E-state index in [-0.39, 0.29) is 6.04 Å². The maximum Gasteiger partial charge on any atom is 0.191 e. The van der Waals surface area contributed by atoms with Crippen LogP contribution in [0.2, 0.25) is 0 Å². The van der Waals surface area contributed by atoms with E-state index in [1.165, 1.54) is 24.7 Å². The summed E-state index contributed by atoms with van der Waals surface area (Å²) in [4.78, 5) is 11.6. The lowest BCUT2D eigenvalue weighted by Crippen LogP contribution is -2.42. The Labute approximate surface area is 195 Å². The lowest BCUT2D eigenvalue weighted by molar-refractivity contribution is 0.245. The standard InChI is InChI=1S/C25H33N7O/c1-3-26-25(27-16-19-7-6-8-21(15-19)24-29-18-30-31-24)28-17-23(32-13-4-5-14-32)20-9-11-22(33-2)12-10-20/h6-12,15,18,23H,3-5,13-14,16-17H2,1-2H3,(H2,26,27,28)(H,29,30,31). The summed E-state index contributed by atoms with van der Waals surface area (Å²) in [7, 11) is 1.70. The Morgan fingerprint density at radius 1 is 1.15 bits per heavy atom. The third-order valence-corrected chi connectivity index (χ3v) is 5.92. The first-order chi connectivity index (χ1) is 16.3. The molecule has 1 aliphatic rings. The van der Waals surface area contributed by atoms with Crippen LogP contribution in [0.4, 0.5) is 0 Å². The van der Waals surface area contributed by atoms with Gasteiger partial charge in [-0.3, -0.25) is 10.00 Å². The number of rotatable bonds is 9. The predicted molar refractivity (Wildman–Crippen MR) is 131 cm³/mol. The summed E-state index contributed by atoms with van der Waals surface area (Å²) in [6.07, 6.45) is 4.03. The summed E-state index contributed by atoms with van der Waals surface area (Å²) in [5, 5.41) is 13.8. The van der Waals surface area contributed by atoms with Crippen LogP contribution in [-0.4, -0.2) is 59.3 Å². The summed E-state index contributed by atoms with van der Waals surface area (Å²) in [6, 6.07) is 16.9. The number of aliphatic imine (C=N–C) groups is 1. The number of hydrogen-bond donors (Lipinski definition) is 3. The number of H-pyrrole nitrogens is 1. The van der Waals surface area contributed by atoms with E-state index in [1.54, 1.807) is 7.11 Å². The number of aromatic amines is 1. The Morgan fingerprint density at radius 2 is 1.97 bits per heavy atom. The molecular weight excluding hydrogens is 414 g/mol. The SMILES string of the molecule is CCNC(=NCc1cccc(-c2ncn[nH]2)c1)NCC(c1ccc(OC)cc1)N1CCCC1. The van der Waals surface area contributed by atoms with Crippen LogP contribution in [0.1, 0.15) is 36.9 Å². The first-order valence-corrected chi connectivity index (χ1v) is 11.6. The molecule has 8 nitrogen and oxygen atoms in total. The van der Waals surface area contributed by atoms with Crippen molar-refractivity contribution >= 4 is 5.96 Å². The van der Waals surface area contributed by atoms with Gasteiger partial charge in [-0.05, 0) is 62.2 Å². The zero-order chi connectivity index (χ0) is 22.9. The van der Waals surface area contributed by atoms with Crippen molar-refractivity contribution in [3.05, 3.63) is 66.0 Å². The summed E-state index contributed by atoms with van der Waals surface area (Å²) < 4.78 is 5.34. The number of benzene rings is 2. The molecule has 0 radical (unpaired) electrons. The van der Waals surface area contributed by atoms with E-state index in [2.05, 4.69) is 61.9 Å². The minimum absolute atomic E-state index is 0.289. The van der Waals surface area contributed by atoms with E-state index in [4.69, 9.17) is 9.73 Å². The molecule has 33 heavy (non-hydrogen) atoms. The third kappa shape index (κ3) is 6.10. The molecule has 3 aromatic rings. The fourth-order valence-electron chi connectivity index (χ4n) is 4.20. The maximum atomic E-state index is 5.34. The average Bonchev–Trinajstić information content (AvgIpc) is 3.58. The molecule has 8 heteroatoms. The smallest absolute Gasteiger partial charge is 0.191 e. The zero-order valence-electron chi connectivity index (χ0n) is 19.4. The number of nitrogens with zero attached hydrogens (tertiary/aromatic N) is 4. The van der Waals surface area contributed by atoms with Crippen LogP contribution in [0.3, 0.4) is 0 Å². The van der Waals surface area contributed by atoms with Crippen molar-refractivity contribution < 1.29 is 4.74 Å². The largest absolute Gasteiger partial charge is 0.497 e. The number of aromatic nitrogens is 3. The molecule has 1 atom stereocenters. The molecular formula is C25H33N7O. The minimum atomic E-state index is 0.289. The van der Waals surface area contributed by atoms with Gasteiger partial charge in [0.1, 0.15) is 12.1 Å². The van der Waals surface area contributed by atoms with E-state index < -0.39 is 0 Å². The summed E-state index contributed by atoms with van der Waals surface area (Å²) in [6.45, 7) is 6.51. The molecule has 0 amide bonds. The second-order valence-corrected chi connectivity index (χ2v) is 8.14. The van der Waals surface area contributed by atoms with Crippen LogP contribution in [-0.2, 0) is 6.54 Å². The summed E-state index contributed by atoms with van der Waals surface area (Å²) in [5.74, 6) is 2.47. The molecule has 0 spiro atoms. The van der Waals surface area contributed by atoms with Crippen molar-refractivity contribution in [3.8, 4) is 17.1 Å². The van der Waals surface area contributed by atoms with Gasteiger partial charge < -0.3 is 15.4 Å². The van der Waals surface area contributed by atoms with Crippen molar-refractivity contribution in [2.75, 3.05) is 33.3 Å². The van der Waals surface area contributed by atoms with Gasteiger partial charge in [-0.2, -0.15) is 5.10 Å². The van der Waals surface area contributed by atoms with Gasteiger partial charge in [0.05, 0.1) is 19.7 Å². The molecule has 1 unspecified atom stereocenters. The summed E-state index contributed by atoms with van der Waals surface area (Å²) >= 11 is 0. The van der Waals surface area contributed by atoms with Crippen molar-refractivity contribution in [2.24, 2.45) is 4.99 Å². The van der Waals surface area contributed by atoms with E-state index in [1.807, 2.05) is 24.3 Å². The Bertz CT molecular complexity index is 1010. The van der Waals surface area contributed by atoms with Gasteiger partial charge in [-0.1, -0.05) is 30.3 Å². The van der Waals surface area contributed by atoms with Gasteiger partial charge in [0.2, 0.25) is 0 Å². The fraction of sp³-hybridized carbons (Fsp3) is 0.400. The molecule has 4 rings (SSSR count). The van der Waals surface area contributed by atoms with Crippen LogP contribution in [0, 0.1) is 0 Å². The lowest BCUT2D eigenvalue weighted by Gasteiger charge is -2.29. The normalized spacial score (nSPS) is 15.4. The highest BCUT2D eigenvalue weighted by Gasteiger charge is 2.23. The van der Waals surface area contributed by atoms with Gasteiger partial charge in [-0.15, -0.1) is 0 Å². The molecule has 2 aromatic carbocycles. The second kappa shape index (κ2) is 11.5. The molecule has 2 heterocycles. The first-order valence-electron chi connectivity index (χ1n) is 11.6. The van der Waals surface area contributed by atoms with Gasteiger partial charge in [0, 0.05) is 18.7 Å². The number of nitrogens with one attached hydrogen (secondary N) is 3. The van der Waals surface area contributed by atoms with E-state index in [9.17, 15) is 0 Å². The summed E-state index contributed by atoms with van der Waals surface area (Å²) in [5.41, 5.74) is 3.42. The molecule has 3 N–H and O–H groups in total. The van der Waals surface area contributed by atoms with Crippen molar-refractivity contribution in [1.82, 2.24) is 30.7 Å². The van der Waals surface area contributed by atoms with Crippen molar-refractivity contribution in [2.45, 2.75) is 32.4 Å². The van der Waals surface area contributed by atoms with Gasteiger partial charge >= 0.3 is 0 Å². The molecule has 0 aliphatic carbocycles. The number of methoxy groups -OCH3 is 1. The van der Waals surface area contributed by atoms with Crippen molar-refractivity contribution in [1.29, 1.82) is 0 Å². The highest BCUT2D eigenvalue weighted by molar-refractivity contribution is 5.79. The van der Waals surface area contributed by atoms with Crippen molar-refractivity contribution in [3.63, 3.8) is 0 Å². The van der Waals surface area contributed by atoms with Crippen LogP contribution in [0.25, 0.3) is 11.4 Å². The van der Waals surface area contributed by atoms with Crippen LogP contribution in [0.5, 0.6) is 5.75 Å². The fourth-order valence-corrected chi connectivity index (χ4v) is 4.20. The Kier molecular flexibility index (Phi) is 7.92.